The van der Waals surface area contributed by atoms with E-state index < -0.39 is 6.09 Å². The van der Waals surface area contributed by atoms with Crippen molar-refractivity contribution < 1.29 is 14.6 Å². The van der Waals surface area contributed by atoms with Gasteiger partial charge in [0.15, 0.2) is 0 Å². The molecule has 0 saturated carbocycles. The van der Waals surface area contributed by atoms with Gasteiger partial charge in [0.2, 0.25) is 0 Å². The summed E-state index contributed by atoms with van der Waals surface area (Å²) < 4.78 is 5.43. The summed E-state index contributed by atoms with van der Waals surface area (Å²) in [5.41, 5.74) is 0.500. The molecule has 0 aliphatic heterocycles. The molecule has 0 atom stereocenters. The molecule has 0 aromatic heterocycles. The van der Waals surface area contributed by atoms with E-state index in [1.165, 1.54) is 0 Å². The minimum absolute atomic E-state index is 0.149. The van der Waals surface area contributed by atoms with E-state index in [1.54, 1.807) is 24.3 Å². The number of hydrogen-bond acceptors (Lipinski definition) is 3. The van der Waals surface area contributed by atoms with Crippen molar-refractivity contribution >= 4 is 27.9 Å². The quantitative estimate of drug-likeness (QED) is 0.338. The Morgan fingerprint density at radius 1 is 1.41 bits per heavy atom. The van der Waals surface area contributed by atoms with Gasteiger partial charge in [-0.15, -0.1) is 0 Å². The molecule has 6 heteroatoms. The van der Waals surface area contributed by atoms with Gasteiger partial charge in [-0.1, -0.05) is 15.9 Å². The molecule has 17 heavy (non-hydrogen) atoms. The molecule has 0 heterocycles. The van der Waals surface area contributed by atoms with Crippen LogP contribution in [0.1, 0.15) is 12.0 Å². The van der Waals surface area contributed by atoms with Crippen LogP contribution >= 0.6 is 15.9 Å². The topological polar surface area (TPSA) is 82.4 Å². The van der Waals surface area contributed by atoms with Gasteiger partial charge in [-0.05, 0) is 30.7 Å². The first kappa shape index (κ1) is 13.5. The summed E-state index contributed by atoms with van der Waals surface area (Å²) in [7, 11) is 0. The van der Waals surface area contributed by atoms with Crippen molar-refractivity contribution in [3.05, 3.63) is 29.8 Å². The van der Waals surface area contributed by atoms with Crippen LogP contribution in [-0.4, -0.2) is 29.0 Å². The Bertz CT molecular complexity index is 392. The Kier molecular flexibility index (Phi) is 5.48. The number of hydrogen-bond donors (Lipinski definition) is 3. The van der Waals surface area contributed by atoms with Crippen molar-refractivity contribution in [3.63, 3.8) is 0 Å². The number of carboxylic acid groups (broad SMARTS) is 1. The highest BCUT2D eigenvalue weighted by Gasteiger charge is 2.04. The largest absolute Gasteiger partial charge is 0.494 e. The molecule has 0 saturated heterocycles. The number of alkyl halides is 1. The van der Waals surface area contributed by atoms with Crippen LogP contribution in [0.2, 0.25) is 0 Å². The highest BCUT2D eigenvalue weighted by Crippen LogP contribution is 2.12. The van der Waals surface area contributed by atoms with Crippen LogP contribution in [0, 0.1) is 5.41 Å². The molecule has 1 aromatic carbocycles. The van der Waals surface area contributed by atoms with Gasteiger partial charge in [-0.2, -0.15) is 0 Å². The summed E-state index contributed by atoms with van der Waals surface area (Å²) in [6.07, 6.45) is -0.328. The van der Waals surface area contributed by atoms with Gasteiger partial charge in [0.25, 0.3) is 0 Å². The molecule has 1 aromatic rings. The lowest BCUT2D eigenvalue weighted by molar-refractivity contribution is 0.200. The number of amides is 1. The molecule has 0 unspecified atom stereocenters. The van der Waals surface area contributed by atoms with Crippen molar-refractivity contribution in [1.29, 1.82) is 5.41 Å². The lowest BCUT2D eigenvalue weighted by Gasteiger charge is -2.07. The zero-order valence-electron chi connectivity index (χ0n) is 9.07. The van der Waals surface area contributed by atoms with E-state index in [1.807, 2.05) is 5.32 Å². The summed E-state index contributed by atoms with van der Waals surface area (Å²) in [4.78, 5) is 10.3. The summed E-state index contributed by atoms with van der Waals surface area (Å²) in [5, 5.41) is 18.8. The molecular formula is C11H13BrN2O3. The maximum absolute atomic E-state index is 10.3. The molecule has 0 aliphatic carbocycles. The van der Waals surface area contributed by atoms with E-state index in [-0.39, 0.29) is 5.84 Å². The summed E-state index contributed by atoms with van der Waals surface area (Å²) >= 11 is 3.30. The maximum atomic E-state index is 10.3. The lowest BCUT2D eigenvalue weighted by Crippen LogP contribution is -2.28. The highest BCUT2D eigenvalue weighted by molar-refractivity contribution is 9.09. The predicted molar refractivity (Wildman–Crippen MR) is 68.3 cm³/mol. The zero-order valence-corrected chi connectivity index (χ0v) is 10.7. The molecule has 5 nitrogen and oxygen atoms in total. The molecule has 1 amide bonds. The number of halogens is 1. The summed E-state index contributed by atoms with van der Waals surface area (Å²) in [5.74, 6) is 0.558. The zero-order chi connectivity index (χ0) is 12.7. The normalized spacial score (nSPS) is 9.71. The van der Waals surface area contributed by atoms with E-state index in [0.717, 1.165) is 11.8 Å². The molecular weight excluding hydrogens is 288 g/mol. The van der Waals surface area contributed by atoms with E-state index in [0.29, 0.717) is 17.9 Å². The third-order valence-electron chi connectivity index (χ3n) is 1.92. The fourth-order valence-electron chi connectivity index (χ4n) is 1.14. The van der Waals surface area contributed by atoms with Crippen LogP contribution in [0.25, 0.3) is 0 Å². The minimum Gasteiger partial charge on any atom is -0.494 e. The summed E-state index contributed by atoms with van der Waals surface area (Å²) in [6.45, 7) is 0.620. The van der Waals surface area contributed by atoms with Gasteiger partial charge in [0.1, 0.15) is 11.6 Å². The summed E-state index contributed by atoms with van der Waals surface area (Å²) in [6, 6.07) is 6.70. The molecule has 0 aliphatic rings. The van der Waals surface area contributed by atoms with Crippen molar-refractivity contribution in [2.75, 3.05) is 11.9 Å². The van der Waals surface area contributed by atoms with Gasteiger partial charge < -0.3 is 9.84 Å². The second-order valence-corrected chi connectivity index (χ2v) is 4.01. The fraction of sp³-hybridized carbons (Fsp3) is 0.273. The molecule has 1 rings (SSSR count). The number of rotatable bonds is 5. The van der Waals surface area contributed by atoms with Crippen LogP contribution in [0.5, 0.6) is 5.75 Å². The lowest BCUT2D eigenvalue weighted by atomic mass is 10.2. The SMILES string of the molecule is N=C(NC(=O)O)c1ccc(OCCCBr)cc1. The highest BCUT2D eigenvalue weighted by atomic mass is 79.9. The predicted octanol–water partition coefficient (Wildman–Crippen LogP) is 2.44. The molecule has 0 radical (unpaired) electrons. The van der Waals surface area contributed by atoms with Crippen LogP contribution < -0.4 is 10.1 Å². The monoisotopic (exact) mass is 300 g/mol. The Morgan fingerprint density at radius 3 is 2.59 bits per heavy atom. The van der Waals surface area contributed by atoms with Gasteiger partial charge in [0.05, 0.1) is 6.61 Å². The van der Waals surface area contributed by atoms with E-state index in [9.17, 15) is 4.79 Å². The van der Waals surface area contributed by atoms with E-state index >= 15 is 0 Å². The Hall–Kier alpha value is -1.56. The second kappa shape index (κ2) is 6.90. The van der Waals surface area contributed by atoms with Crippen molar-refractivity contribution in [2.45, 2.75) is 6.42 Å². The average Bonchev–Trinajstić information content (AvgIpc) is 2.29. The van der Waals surface area contributed by atoms with E-state index in [2.05, 4.69) is 15.9 Å². The Labute approximate surface area is 107 Å². The second-order valence-electron chi connectivity index (χ2n) is 3.22. The van der Waals surface area contributed by atoms with Crippen LogP contribution in [0.4, 0.5) is 4.79 Å². The number of nitrogens with one attached hydrogen (secondary N) is 2. The first-order valence-corrected chi connectivity index (χ1v) is 6.13. The Balaban J connectivity index is 2.55. The molecule has 92 valence electrons. The molecule has 0 spiro atoms. The van der Waals surface area contributed by atoms with Crippen molar-refractivity contribution in [1.82, 2.24) is 5.32 Å². The van der Waals surface area contributed by atoms with Gasteiger partial charge >= 0.3 is 6.09 Å². The van der Waals surface area contributed by atoms with E-state index in [4.69, 9.17) is 15.3 Å². The Morgan fingerprint density at radius 2 is 2.06 bits per heavy atom. The number of carbonyl (C=O) groups is 1. The smallest absolute Gasteiger partial charge is 0.410 e. The number of amidine groups is 1. The van der Waals surface area contributed by atoms with Crippen LogP contribution in [0.15, 0.2) is 24.3 Å². The van der Waals surface area contributed by atoms with Gasteiger partial charge in [0, 0.05) is 10.9 Å². The third-order valence-corrected chi connectivity index (χ3v) is 2.48. The minimum atomic E-state index is -1.24. The van der Waals surface area contributed by atoms with Crippen molar-refractivity contribution in [3.8, 4) is 5.75 Å². The number of benzene rings is 1. The van der Waals surface area contributed by atoms with Crippen molar-refractivity contribution in [2.24, 2.45) is 0 Å². The fourth-order valence-corrected chi connectivity index (χ4v) is 1.37. The molecule has 0 fully saturated rings. The first-order chi connectivity index (χ1) is 8.13. The standard InChI is InChI=1S/C11H13BrN2O3/c12-6-1-7-17-9-4-2-8(3-5-9)10(13)14-11(15)16/h2-5H,1,6-7H2,(H2,13,14)(H,15,16). The van der Waals surface area contributed by atoms with Crippen LogP contribution in [-0.2, 0) is 0 Å². The first-order valence-electron chi connectivity index (χ1n) is 5.01. The maximum Gasteiger partial charge on any atom is 0.410 e. The number of ether oxygens (including phenoxy) is 1. The molecule has 3 N–H and O–H groups in total. The molecule has 0 bridgehead atoms. The van der Waals surface area contributed by atoms with Gasteiger partial charge in [-0.3, -0.25) is 10.7 Å². The average molecular weight is 301 g/mol. The van der Waals surface area contributed by atoms with Crippen LogP contribution in [0.3, 0.4) is 0 Å². The van der Waals surface area contributed by atoms with Gasteiger partial charge in [-0.25, -0.2) is 4.79 Å². The third kappa shape index (κ3) is 4.86.